The first kappa shape index (κ1) is 31.0. The monoisotopic (exact) mass is 606 g/mol. The molecule has 3 heterocycles. The Morgan fingerprint density at radius 3 is 2.55 bits per heavy atom. The van der Waals surface area contributed by atoms with E-state index in [1.54, 1.807) is 50.0 Å². The Morgan fingerprint density at radius 1 is 1.09 bits per heavy atom. The highest BCUT2D eigenvalue weighted by molar-refractivity contribution is 6.04. The van der Waals surface area contributed by atoms with Crippen molar-refractivity contribution < 1.29 is 22.7 Å². The highest BCUT2D eigenvalue weighted by Gasteiger charge is 2.38. The van der Waals surface area contributed by atoms with Crippen molar-refractivity contribution in [2.24, 2.45) is 0 Å². The first-order valence-electron chi connectivity index (χ1n) is 13.9. The van der Waals surface area contributed by atoms with Crippen LogP contribution in [0.15, 0.2) is 67.4 Å². The predicted molar refractivity (Wildman–Crippen MR) is 160 cm³/mol. The summed E-state index contributed by atoms with van der Waals surface area (Å²) in [5.74, 6) is -0.345. The zero-order chi connectivity index (χ0) is 31.4. The molecule has 1 aliphatic rings. The van der Waals surface area contributed by atoms with Gasteiger partial charge in [-0.3, -0.25) is 9.69 Å². The maximum absolute atomic E-state index is 14.2. The molecule has 4 aromatic rings. The van der Waals surface area contributed by atoms with Crippen LogP contribution in [0.25, 0.3) is 11.3 Å². The molecule has 0 spiro atoms. The fraction of sp³-hybridized carbons (Fsp3) is 0.323. The number of benzene rings is 2. The molecule has 2 N–H and O–H groups in total. The van der Waals surface area contributed by atoms with Gasteiger partial charge >= 0.3 is 6.18 Å². The number of hydrogen-bond donors (Lipinski definition) is 2. The number of anilines is 3. The Labute approximate surface area is 253 Å². The van der Waals surface area contributed by atoms with Crippen LogP contribution in [0.1, 0.15) is 27.0 Å². The van der Waals surface area contributed by atoms with Gasteiger partial charge in [0.05, 0.1) is 17.4 Å². The number of hydrogen-bond acceptors (Lipinski definition) is 9. The summed E-state index contributed by atoms with van der Waals surface area (Å²) < 4.78 is 48.1. The van der Waals surface area contributed by atoms with Gasteiger partial charge in [-0.2, -0.15) is 13.2 Å². The van der Waals surface area contributed by atoms with Crippen molar-refractivity contribution in [2.75, 3.05) is 44.9 Å². The van der Waals surface area contributed by atoms with Gasteiger partial charge in [0.25, 0.3) is 5.91 Å². The van der Waals surface area contributed by atoms with Gasteiger partial charge in [-0.1, -0.05) is 12.1 Å². The summed E-state index contributed by atoms with van der Waals surface area (Å²) in [6.45, 7) is 3.05. The fourth-order valence-electron chi connectivity index (χ4n) is 5.22. The average Bonchev–Trinajstić information content (AvgIpc) is 3.42. The van der Waals surface area contributed by atoms with E-state index in [1.807, 2.05) is 30.8 Å². The second kappa shape index (κ2) is 13.0. The number of amides is 1. The smallest absolute Gasteiger partial charge is 0.378 e. The molecule has 0 unspecified atom stereocenters. The molecule has 1 aliphatic heterocycles. The zero-order valence-corrected chi connectivity index (χ0v) is 24.8. The topological polar surface area (TPSA) is 108 Å². The van der Waals surface area contributed by atoms with E-state index >= 15 is 0 Å². The summed E-state index contributed by atoms with van der Waals surface area (Å²) in [6, 6.07) is 10.7. The quantitative estimate of drug-likeness (QED) is 0.272. The summed E-state index contributed by atoms with van der Waals surface area (Å²) in [6.07, 6.45) is 1.57. The van der Waals surface area contributed by atoms with Gasteiger partial charge in [-0.05, 0) is 62.5 Å². The molecule has 1 fully saturated rings. The van der Waals surface area contributed by atoms with Crippen molar-refractivity contribution in [1.29, 1.82) is 0 Å². The van der Waals surface area contributed by atoms with Crippen molar-refractivity contribution in [3.8, 4) is 11.3 Å². The van der Waals surface area contributed by atoms with Crippen LogP contribution in [-0.2, 0) is 17.5 Å². The number of rotatable bonds is 9. The number of nitrogens with one attached hydrogen (secondary N) is 2. The molecule has 0 radical (unpaired) electrons. The van der Waals surface area contributed by atoms with E-state index in [2.05, 4.69) is 30.6 Å². The van der Waals surface area contributed by atoms with Gasteiger partial charge in [0, 0.05) is 73.9 Å². The largest absolute Gasteiger partial charge is 0.416 e. The average molecular weight is 607 g/mol. The number of ether oxygens (including phenoxy) is 1. The number of likely N-dealkylation sites (tertiary alicyclic amines) is 1. The Balaban J connectivity index is 1.32. The lowest BCUT2D eigenvalue weighted by atomic mass is 10.0. The van der Waals surface area contributed by atoms with Crippen LogP contribution in [0.2, 0.25) is 0 Å². The second-order valence-electron chi connectivity index (χ2n) is 10.9. The number of methoxy groups -OCH3 is 1. The van der Waals surface area contributed by atoms with Crippen molar-refractivity contribution in [3.63, 3.8) is 0 Å². The Hall–Kier alpha value is -4.46. The molecule has 2 atom stereocenters. The normalized spacial score (nSPS) is 17.2. The second-order valence-corrected chi connectivity index (χ2v) is 10.9. The standard InChI is InChI=1S/C31H33F3N8O2/c1-19-5-8-23(12-26(19)40-30-37-10-9-25(39-30)22-13-35-18-36-14-22)38-29(43)20-6-7-21(24(11-20)31(32,33)34)15-42-16-27(41(2)3)28(17-42)44-4/h5-14,18,27-28H,15-17H2,1-4H3,(H,38,43)(H,37,39,40)/t27-,28-/m1/s1. The number of likely N-dealkylation sites (N-methyl/N-ethyl adjacent to an activating group) is 1. The van der Waals surface area contributed by atoms with Crippen LogP contribution in [0, 0.1) is 6.92 Å². The van der Waals surface area contributed by atoms with Crippen LogP contribution in [-0.4, -0.2) is 82.1 Å². The molecular formula is C31H33F3N8O2. The molecule has 1 saturated heterocycles. The van der Waals surface area contributed by atoms with Crippen molar-refractivity contribution in [3.05, 3.63) is 89.6 Å². The van der Waals surface area contributed by atoms with Crippen molar-refractivity contribution >= 4 is 23.2 Å². The summed E-state index contributed by atoms with van der Waals surface area (Å²) >= 11 is 0. The molecule has 5 rings (SSSR count). The third-order valence-electron chi connectivity index (χ3n) is 7.60. The molecule has 2 aromatic heterocycles. The third kappa shape index (κ3) is 7.18. The fourth-order valence-corrected chi connectivity index (χ4v) is 5.22. The van der Waals surface area contributed by atoms with Gasteiger partial charge < -0.3 is 20.3 Å². The molecular weight excluding hydrogens is 573 g/mol. The van der Waals surface area contributed by atoms with Crippen molar-refractivity contribution in [2.45, 2.75) is 31.8 Å². The number of carbonyl (C=O) groups is 1. The first-order valence-corrected chi connectivity index (χ1v) is 13.9. The van der Waals surface area contributed by atoms with E-state index in [4.69, 9.17) is 4.74 Å². The molecule has 44 heavy (non-hydrogen) atoms. The minimum absolute atomic E-state index is 0.0715. The Kier molecular flexibility index (Phi) is 9.18. The van der Waals surface area contributed by atoms with Crippen LogP contribution in [0.5, 0.6) is 0 Å². The summed E-state index contributed by atoms with van der Waals surface area (Å²) in [5, 5.41) is 5.86. The van der Waals surface area contributed by atoms with E-state index < -0.39 is 17.6 Å². The van der Waals surface area contributed by atoms with Gasteiger partial charge in [0.15, 0.2) is 0 Å². The maximum atomic E-state index is 14.2. The maximum Gasteiger partial charge on any atom is 0.416 e. The summed E-state index contributed by atoms with van der Waals surface area (Å²) in [5.41, 5.74) is 2.37. The van der Waals surface area contributed by atoms with Crippen molar-refractivity contribution in [1.82, 2.24) is 29.7 Å². The predicted octanol–water partition coefficient (Wildman–Crippen LogP) is 5.02. The molecule has 0 saturated carbocycles. The highest BCUT2D eigenvalue weighted by atomic mass is 19.4. The van der Waals surface area contributed by atoms with E-state index in [0.717, 1.165) is 17.2 Å². The lowest BCUT2D eigenvalue weighted by Crippen LogP contribution is -2.39. The Morgan fingerprint density at radius 2 is 1.86 bits per heavy atom. The van der Waals surface area contributed by atoms with E-state index in [0.29, 0.717) is 36.1 Å². The van der Waals surface area contributed by atoms with Gasteiger partial charge in [-0.25, -0.2) is 19.9 Å². The third-order valence-corrected chi connectivity index (χ3v) is 7.60. The number of halogens is 3. The number of aromatic nitrogens is 4. The number of aryl methyl sites for hydroxylation is 1. The SMILES string of the molecule is CO[C@@H]1CN(Cc2ccc(C(=O)Nc3ccc(C)c(Nc4nccc(-c5cncnc5)n4)c3)cc2C(F)(F)F)C[C@H]1N(C)C. The molecule has 10 nitrogen and oxygen atoms in total. The van der Waals surface area contributed by atoms with Gasteiger partial charge in [0.2, 0.25) is 5.95 Å². The molecule has 1 amide bonds. The lowest BCUT2D eigenvalue weighted by Gasteiger charge is -2.24. The molecule has 0 bridgehead atoms. The number of alkyl halides is 3. The van der Waals surface area contributed by atoms with E-state index in [9.17, 15) is 18.0 Å². The lowest BCUT2D eigenvalue weighted by molar-refractivity contribution is -0.138. The Bertz CT molecular complexity index is 1620. The van der Waals surface area contributed by atoms with Crippen LogP contribution >= 0.6 is 0 Å². The van der Waals surface area contributed by atoms with Crippen LogP contribution in [0.3, 0.4) is 0 Å². The van der Waals surface area contributed by atoms with Gasteiger partial charge in [-0.15, -0.1) is 0 Å². The summed E-state index contributed by atoms with van der Waals surface area (Å²) in [4.78, 5) is 33.9. The molecule has 2 aromatic carbocycles. The minimum Gasteiger partial charge on any atom is -0.378 e. The minimum atomic E-state index is -4.63. The van der Waals surface area contributed by atoms with E-state index in [-0.39, 0.29) is 29.8 Å². The van der Waals surface area contributed by atoms with E-state index in [1.165, 1.54) is 18.5 Å². The highest BCUT2D eigenvalue weighted by Crippen LogP contribution is 2.34. The molecule has 230 valence electrons. The summed E-state index contributed by atoms with van der Waals surface area (Å²) in [7, 11) is 5.46. The number of carbonyl (C=O) groups excluding carboxylic acids is 1. The van der Waals surface area contributed by atoms with Gasteiger partial charge in [0.1, 0.15) is 6.33 Å². The first-order chi connectivity index (χ1) is 21.0. The number of nitrogens with zero attached hydrogens (tertiary/aromatic N) is 6. The zero-order valence-electron chi connectivity index (χ0n) is 24.8. The molecule has 13 heteroatoms. The van der Waals surface area contributed by atoms with Crippen LogP contribution in [0.4, 0.5) is 30.5 Å². The molecule has 0 aliphatic carbocycles. The van der Waals surface area contributed by atoms with Crippen LogP contribution < -0.4 is 10.6 Å².